The molecule has 1 aromatic heterocycles. The summed E-state index contributed by atoms with van der Waals surface area (Å²) < 4.78 is 45.3. The number of ether oxygens (including phenoxy) is 1. The molecule has 1 aliphatic heterocycles. The Kier molecular flexibility index (Phi) is 7.65. The Morgan fingerprint density at radius 2 is 2.00 bits per heavy atom. The molecule has 0 bridgehead atoms. The highest BCUT2D eigenvalue weighted by atomic mass is 19.4. The van der Waals surface area contributed by atoms with E-state index in [9.17, 15) is 18.0 Å². The van der Waals surface area contributed by atoms with Gasteiger partial charge in [0.25, 0.3) is 5.91 Å². The molecule has 0 radical (unpaired) electrons. The van der Waals surface area contributed by atoms with Crippen LogP contribution in [0, 0.1) is 6.92 Å². The number of likely N-dealkylation sites (N-methyl/N-ethyl adjacent to an activating group) is 1. The van der Waals surface area contributed by atoms with Gasteiger partial charge in [0.1, 0.15) is 0 Å². The molecule has 2 heterocycles. The second-order valence-electron chi connectivity index (χ2n) is 8.49. The summed E-state index contributed by atoms with van der Waals surface area (Å²) in [5.41, 5.74) is 9.28. The normalized spacial score (nSPS) is 13.2. The van der Waals surface area contributed by atoms with E-state index in [1.54, 1.807) is 47.5 Å². The largest absolute Gasteiger partial charge is 0.416 e. The van der Waals surface area contributed by atoms with Crippen molar-refractivity contribution in [3.05, 3.63) is 89.4 Å². The quantitative estimate of drug-likeness (QED) is 0.408. The second kappa shape index (κ2) is 10.9. The van der Waals surface area contributed by atoms with Crippen LogP contribution in [-0.4, -0.2) is 38.2 Å². The van der Waals surface area contributed by atoms with Gasteiger partial charge in [-0.05, 0) is 55.0 Å². The molecule has 0 saturated carbocycles. The lowest BCUT2D eigenvalue weighted by Gasteiger charge is -2.24. The number of nitrogens with zero attached hydrogens (tertiary/aromatic N) is 3. The summed E-state index contributed by atoms with van der Waals surface area (Å²) in [6, 6.07) is 12.1. The summed E-state index contributed by atoms with van der Waals surface area (Å²) in [5, 5.41) is 4.39. The van der Waals surface area contributed by atoms with Crippen molar-refractivity contribution in [1.82, 2.24) is 15.9 Å². The molecule has 1 aliphatic rings. The van der Waals surface area contributed by atoms with E-state index in [0.717, 1.165) is 29.0 Å². The van der Waals surface area contributed by atoms with Gasteiger partial charge in [0.05, 0.1) is 34.9 Å². The zero-order valence-corrected chi connectivity index (χ0v) is 20.6. The fourth-order valence-corrected chi connectivity index (χ4v) is 3.81. The third kappa shape index (κ3) is 6.01. The Hall–Kier alpha value is -4.09. The predicted molar refractivity (Wildman–Crippen MR) is 137 cm³/mol. The van der Waals surface area contributed by atoms with E-state index in [1.165, 1.54) is 13.2 Å². The van der Waals surface area contributed by atoms with Crippen molar-refractivity contribution in [3.63, 3.8) is 0 Å². The number of nitrogens with one attached hydrogen (secondary N) is 3. The average Bonchev–Trinajstić information content (AvgIpc) is 3.37. The molecule has 0 saturated heterocycles. The number of pyridine rings is 1. The lowest BCUT2D eigenvalue weighted by atomic mass is 10.1. The van der Waals surface area contributed by atoms with E-state index < -0.39 is 17.6 Å². The number of hydrogen-bond acceptors (Lipinski definition) is 7. The predicted octanol–water partition coefficient (Wildman–Crippen LogP) is 4.57. The molecule has 37 heavy (non-hydrogen) atoms. The summed E-state index contributed by atoms with van der Waals surface area (Å²) in [4.78, 5) is 19.1. The Labute approximate surface area is 212 Å². The molecule has 0 fully saturated rings. The van der Waals surface area contributed by atoms with Crippen LogP contribution in [0.1, 0.15) is 27.0 Å². The maximum absolute atomic E-state index is 13.4. The molecule has 2 aromatic carbocycles. The molecule has 3 N–H and O–H groups in total. The second-order valence-corrected chi connectivity index (χ2v) is 8.49. The number of aryl methyl sites for hydroxylation is 1. The number of aromatic nitrogens is 1. The van der Waals surface area contributed by atoms with Crippen LogP contribution in [0.15, 0.2) is 67.1 Å². The smallest absolute Gasteiger partial charge is 0.383 e. The van der Waals surface area contributed by atoms with E-state index >= 15 is 0 Å². The van der Waals surface area contributed by atoms with Gasteiger partial charge in [-0.3, -0.25) is 14.8 Å². The van der Waals surface area contributed by atoms with Gasteiger partial charge in [-0.2, -0.15) is 13.2 Å². The van der Waals surface area contributed by atoms with Crippen LogP contribution in [0.25, 0.3) is 5.70 Å². The minimum absolute atomic E-state index is 0.0558. The number of benzene rings is 2. The lowest BCUT2D eigenvalue weighted by molar-refractivity contribution is -0.137. The molecule has 11 heteroatoms. The number of halogens is 3. The molecule has 0 aliphatic carbocycles. The van der Waals surface area contributed by atoms with Crippen LogP contribution < -0.4 is 26.2 Å². The first-order chi connectivity index (χ1) is 17.7. The highest BCUT2D eigenvalue weighted by molar-refractivity contribution is 6.06. The summed E-state index contributed by atoms with van der Waals surface area (Å²) in [7, 11) is 3.26. The first-order valence-corrected chi connectivity index (χ1v) is 11.4. The van der Waals surface area contributed by atoms with Gasteiger partial charge in [0.15, 0.2) is 0 Å². The minimum Gasteiger partial charge on any atom is -0.383 e. The fourth-order valence-electron chi connectivity index (χ4n) is 3.81. The minimum atomic E-state index is -4.55. The average molecular weight is 513 g/mol. The van der Waals surface area contributed by atoms with Crippen molar-refractivity contribution in [3.8, 4) is 0 Å². The topological polar surface area (TPSA) is 81.8 Å². The van der Waals surface area contributed by atoms with Gasteiger partial charge in [0.2, 0.25) is 0 Å². The molecule has 8 nitrogen and oxygen atoms in total. The monoisotopic (exact) mass is 512 g/mol. The summed E-state index contributed by atoms with van der Waals surface area (Å²) in [6.07, 6.45) is 0.683. The molecule has 0 unspecified atom stereocenters. The standard InChI is InChI=1S/C26H27F3N6O2/c1-17-6-7-18(13-24(17)35-16-22(32-33-35)19-5-4-10-30-15-19)25(36)31-21-14-20(26(27,28)29)8-9-23(21)34(2)11-12-37-3/h4-10,13-16,32-33H,11-12H2,1-3H3,(H,31,36). The first-order valence-electron chi connectivity index (χ1n) is 11.4. The third-order valence-corrected chi connectivity index (χ3v) is 5.89. The third-order valence-electron chi connectivity index (χ3n) is 5.89. The Balaban J connectivity index is 1.61. The van der Waals surface area contributed by atoms with Crippen molar-refractivity contribution < 1.29 is 22.7 Å². The summed E-state index contributed by atoms with van der Waals surface area (Å²) in [5.74, 6) is -0.536. The van der Waals surface area contributed by atoms with Crippen molar-refractivity contribution in [2.24, 2.45) is 0 Å². The van der Waals surface area contributed by atoms with Gasteiger partial charge in [0, 0.05) is 50.4 Å². The maximum Gasteiger partial charge on any atom is 0.416 e. The van der Waals surface area contributed by atoms with Gasteiger partial charge in [-0.15, -0.1) is 5.53 Å². The molecule has 0 atom stereocenters. The zero-order valence-electron chi connectivity index (χ0n) is 20.6. The van der Waals surface area contributed by atoms with Crippen LogP contribution in [0.4, 0.5) is 30.2 Å². The molecule has 1 amide bonds. The maximum atomic E-state index is 13.4. The lowest BCUT2D eigenvalue weighted by Crippen LogP contribution is -2.36. The number of amides is 1. The Morgan fingerprint density at radius 1 is 1.19 bits per heavy atom. The molecule has 194 valence electrons. The Morgan fingerprint density at radius 3 is 2.70 bits per heavy atom. The highest BCUT2D eigenvalue weighted by Gasteiger charge is 2.31. The molecular formula is C26H27F3N6O2. The van der Waals surface area contributed by atoms with Gasteiger partial charge in [-0.1, -0.05) is 6.07 Å². The Bertz CT molecular complexity index is 1300. The number of carbonyl (C=O) groups is 1. The molecule has 0 spiro atoms. The molecular weight excluding hydrogens is 485 g/mol. The molecule has 4 rings (SSSR count). The van der Waals surface area contributed by atoms with Crippen molar-refractivity contribution in [2.75, 3.05) is 42.5 Å². The van der Waals surface area contributed by atoms with Crippen LogP contribution in [0.2, 0.25) is 0 Å². The van der Waals surface area contributed by atoms with Crippen molar-refractivity contribution in [1.29, 1.82) is 0 Å². The van der Waals surface area contributed by atoms with E-state index in [0.29, 0.717) is 24.5 Å². The van der Waals surface area contributed by atoms with Gasteiger partial charge < -0.3 is 20.4 Å². The van der Waals surface area contributed by atoms with Crippen molar-refractivity contribution in [2.45, 2.75) is 13.1 Å². The number of hydrazine groups is 2. The highest BCUT2D eigenvalue weighted by Crippen LogP contribution is 2.35. The number of hydrogen-bond donors (Lipinski definition) is 3. The van der Waals surface area contributed by atoms with Gasteiger partial charge in [-0.25, -0.2) is 0 Å². The van der Waals surface area contributed by atoms with E-state index in [1.807, 2.05) is 25.3 Å². The summed E-state index contributed by atoms with van der Waals surface area (Å²) in [6.45, 7) is 2.70. The number of methoxy groups -OCH3 is 1. The number of rotatable bonds is 8. The van der Waals surface area contributed by atoms with Gasteiger partial charge >= 0.3 is 6.18 Å². The fraction of sp³-hybridized carbons (Fsp3) is 0.231. The first kappa shape index (κ1) is 26.0. The summed E-state index contributed by atoms with van der Waals surface area (Å²) >= 11 is 0. The number of anilines is 3. The van der Waals surface area contributed by atoms with E-state index in [-0.39, 0.29) is 11.3 Å². The van der Waals surface area contributed by atoms with Crippen LogP contribution in [-0.2, 0) is 10.9 Å². The van der Waals surface area contributed by atoms with E-state index in [2.05, 4.69) is 21.3 Å². The van der Waals surface area contributed by atoms with Crippen LogP contribution in [0.3, 0.4) is 0 Å². The zero-order chi connectivity index (χ0) is 26.6. The van der Waals surface area contributed by atoms with Crippen LogP contribution >= 0.6 is 0 Å². The van der Waals surface area contributed by atoms with E-state index in [4.69, 9.17) is 4.74 Å². The number of carbonyl (C=O) groups excluding carboxylic acids is 1. The molecule has 3 aromatic rings. The number of alkyl halides is 3. The van der Waals surface area contributed by atoms with Crippen LogP contribution in [0.5, 0.6) is 0 Å². The SMILES string of the molecule is COCCN(C)c1ccc(C(F)(F)F)cc1NC(=O)c1ccc(C)c(N2C=C(c3cccnc3)NN2)c1. The van der Waals surface area contributed by atoms with Crippen molar-refractivity contribution >= 4 is 28.7 Å².